The van der Waals surface area contributed by atoms with Crippen molar-refractivity contribution in [3.63, 3.8) is 0 Å². The standard InChI is InChI=1S/C27H35N5O2/c1-33-24-14-13-22(19-25(24)34-2)26(27-28-29-30-32(27)23-11-7-4-8-12-23)31-17-15-21(16-18-31)20-9-5-3-6-10-20/h3,5-6,9-10,13-14,19,21,23,26H,4,7-8,11-12,15-18H2,1-2H3/t26-/m1/s1. The van der Waals surface area contributed by atoms with Crippen LogP contribution >= 0.6 is 0 Å². The molecule has 1 atom stereocenters. The molecule has 1 aliphatic carbocycles. The Labute approximate surface area is 202 Å². The molecule has 7 heteroatoms. The maximum Gasteiger partial charge on any atom is 0.173 e. The van der Waals surface area contributed by atoms with Crippen molar-refractivity contribution in [1.82, 2.24) is 25.1 Å². The van der Waals surface area contributed by atoms with Gasteiger partial charge in [0, 0.05) is 0 Å². The van der Waals surface area contributed by atoms with E-state index in [0.717, 1.165) is 61.7 Å². The lowest BCUT2D eigenvalue weighted by molar-refractivity contribution is 0.160. The number of rotatable bonds is 7. The summed E-state index contributed by atoms with van der Waals surface area (Å²) in [6.07, 6.45) is 8.33. The fourth-order valence-electron chi connectivity index (χ4n) is 5.73. The summed E-state index contributed by atoms with van der Waals surface area (Å²) in [5.41, 5.74) is 2.58. The zero-order chi connectivity index (χ0) is 23.3. The number of aromatic nitrogens is 4. The van der Waals surface area contributed by atoms with Gasteiger partial charge in [0.1, 0.15) is 0 Å². The van der Waals surface area contributed by atoms with Crippen molar-refractivity contribution in [1.29, 1.82) is 0 Å². The molecule has 5 rings (SSSR count). The Kier molecular flexibility index (Phi) is 7.09. The first-order chi connectivity index (χ1) is 16.8. The highest BCUT2D eigenvalue weighted by Crippen LogP contribution is 2.39. The van der Waals surface area contributed by atoms with E-state index < -0.39 is 0 Å². The van der Waals surface area contributed by atoms with Gasteiger partial charge in [0.2, 0.25) is 0 Å². The number of ether oxygens (including phenoxy) is 2. The van der Waals surface area contributed by atoms with E-state index in [1.54, 1.807) is 14.2 Å². The van der Waals surface area contributed by atoms with Crippen LogP contribution in [0.4, 0.5) is 0 Å². The normalized spacial score (nSPS) is 19.1. The van der Waals surface area contributed by atoms with E-state index in [1.807, 2.05) is 6.07 Å². The van der Waals surface area contributed by atoms with Gasteiger partial charge >= 0.3 is 0 Å². The molecular formula is C27H35N5O2. The lowest BCUT2D eigenvalue weighted by Gasteiger charge is -2.38. The predicted octanol–water partition coefficient (Wildman–Crippen LogP) is 5.16. The van der Waals surface area contributed by atoms with Crippen molar-refractivity contribution < 1.29 is 9.47 Å². The maximum atomic E-state index is 5.65. The maximum absolute atomic E-state index is 5.65. The summed E-state index contributed by atoms with van der Waals surface area (Å²) in [4.78, 5) is 2.55. The largest absolute Gasteiger partial charge is 0.493 e. The second-order valence-corrected chi connectivity index (χ2v) is 9.51. The molecule has 0 amide bonds. The Morgan fingerprint density at radius 1 is 0.853 bits per heavy atom. The molecule has 2 aliphatic rings. The third-order valence-electron chi connectivity index (χ3n) is 7.57. The molecule has 1 saturated carbocycles. The molecule has 3 aromatic rings. The summed E-state index contributed by atoms with van der Waals surface area (Å²) < 4.78 is 13.3. The van der Waals surface area contributed by atoms with Gasteiger partial charge in [0.15, 0.2) is 17.3 Å². The fraction of sp³-hybridized carbons (Fsp3) is 0.519. The van der Waals surface area contributed by atoms with Crippen LogP contribution in [-0.2, 0) is 0 Å². The molecule has 1 aromatic heterocycles. The molecule has 0 N–H and O–H groups in total. The third kappa shape index (κ3) is 4.67. The lowest BCUT2D eigenvalue weighted by atomic mass is 9.88. The minimum Gasteiger partial charge on any atom is -0.493 e. The van der Waals surface area contributed by atoms with E-state index in [2.05, 4.69) is 67.6 Å². The molecule has 7 nitrogen and oxygen atoms in total. The highest BCUT2D eigenvalue weighted by Gasteiger charge is 2.34. The van der Waals surface area contributed by atoms with Crippen molar-refractivity contribution >= 4 is 0 Å². The number of hydrogen-bond acceptors (Lipinski definition) is 6. The Bertz CT molecular complexity index is 1060. The van der Waals surface area contributed by atoms with Crippen LogP contribution in [-0.4, -0.2) is 52.4 Å². The first-order valence-electron chi connectivity index (χ1n) is 12.6. The van der Waals surface area contributed by atoms with Crippen LogP contribution in [0.25, 0.3) is 0 Å². The average molecular weight is 462 g/mol. The van der Waals surface area contributed by atoms with E-state index in [9.17, 15) is 0 Å². The number of hydrogen-bond donors (Lipinski definition) is 0. The number of tetrazole rings is 1. The summed E-state index contributed by atoms with van der Waals surface area (Å²) in [7, 11) is 3.36. The number of piperidine rings is 1. The van der Waals surface area contributed by atoms with E-state index in [0.29, 0.717) is 12.0 Å². The summed E-state index contributed by atoms with van der Waals surface area (Å²) in [6, 6.07) is 17.5. The second kappa shape index (κ2) is 10.6. The van der Waals surface area contributed by atoms with Gasteiger partial charge in [-0.3, -0.25) is 4.90 Å². The molecule has 0 unspecified atom stereocenters. The summed E-state index contributed by atoms with van der Waals surface area (Å²) in [6.45, 7) is 1.99. The van der Waals surface area contributed by atoms with E-state index in [-0.39, 0.29) is 6.04 Å². The van der Waals surface area contributed by atoms with Gasteiger partial charge in [0.25, 0.3) is 0 Å². The van der Waals surface area contributed by atoms with Crippen LogP contribution in [0.5, 0.6) is 11.5 Å². The molecule has 180 valence electrons. The molecule has 0 radical (unpaired) electrons. The Morgan fingerprint density at radius 3 is 2.29 bits per heavy atom. The van der Waals surface area contributed by atoms with Crippen LogP contribution in [0.1, 0.15) is 79.9 Å². The van der Waals surface area contributed by atoms with Crippen molar-refractivity contribution in [2.24, 2.45) is 0 Å². The van der Waals surface area contributed by atoms with Crippen LogP contribution in [0.15, 0.2) is 48.5 Å². The van der Waals surface area contributed by atoms with Crippen molar-refractivity contribution in [3.8, 4) is 11.5 Å². The molecule has 34 heavy (non-hydrogen) atoms. The fourth-order valence-corrected chi connectivity index (χ4v) is 5.73. The highest BCUT2D eigenvalue weighted by atomic mass is 16.5. The summed E-state index contributed by atoms with van der Waals surface area (Å²) in [5.74, 6) is 3.01. The van der Waals surface area contributed by atoms with Gasteiger partial charge in [-0.1, -0.05) is 55.7 Å². The van der Waals surface area contributed by atoms with Gasteiger partial charge in [-0.15, -0.1) is 5.10 Å². The second-order valence-electron chi connectivity index (χ2n) is 9.51. The molecule has 2 aromatic carbocycles. The lowest BCUT2D eigenvalue weighted by Crippen LogP contribution is -2.38. The van der Waals surface area contributed by atoms with E-state index >= 15 is 0 Å². The Morgan fingerprint density at radius 2 is 1.59 bits per heavy atom. The van der Waals surface area contributed by atoms with Crippen molar-refractivity contribution in [2.45, 2.75) is 62.9 Å². The number of nitrogens with zero attached hydrogens (tertiary/aromatic N) is 5. The zero-order valence-corrected chi connectivity index (χ0v) is 20.3. The number of methoxy groups -OCH3 is 2. The number of likely N-dealkylation sites (tertiary alicyclic amines) is 1. The number of benzene rings is 2. The quantitative estimate of drug-likeness (QED) is 0.484. The van der Waals surface area contributed by atoms with E-state index in [4.69, 9.17) is 9.47 Å². The molecule has 0 spiro atoms. The third-order valence-corrected chi connectivity index (χ3v) is 7.57. The highest BCUT2D eigenvalue weighted by molar-refractivity contribution is 5.45. The van der Waals surface area contributed by atoms with E-state index in [1.165, 1.54) is 24.8 Å². The van der Waals surface area contributed by atoms with Crippen molar-refractivity contribution in [2.75, 3.05) is 27.3 Å². The van der Waals surface area contributed by atoms with Crippen LogP contribution < -0.4 is 9.47 Å². The molecule has 2 fully saturated rings. The monoisotopic (exact) mass is 461 g/mol. The Hall–Kier alpha value is -2.93. The predicted molar refractivity (Wildman–Crippen MR) is 131 cm³/mol. The summed E-state index contributed by atoms with van der Waals surface area (Å²) >= 11 is 0. The molecule has 1 aliphatic heterocycles. The zero-order valence-electron chi connectivity index (χ0n) is 20.3. The minimum absolute atomic E-state index is 0.0199. The van der Waals surface area contributed by atoms with Gasteiger partial charge in [-0.25, -0.2) is 4.68 Å². The molecule has 0 bridgehead atoms. The molecule has 2 heterocycles. The van der Waals surface area contributed by atoms with Gasteiger partial charge in [-0.05, 0) is 78.4 Å². The van der Waals surface area contributed by atoms with Gasteiger partial charge in [-0.2, -0.15) is 0 Å². The van der Waals surface area contributed by atoms with Gasteiger partial charge in [0.05, 0.1) is 26.3 Å². The first kappa shape index (κ1) is 22.8. The minimum atomic E-state index is -0.0199. The molecule has 1 saturated heterocycles. The Balaban J connectivity index is 1.47. The van der Waals surface area contributed by atoms with Crippen LogP contribution in [0.2, 0.25) is 0 Å². The summed E-state index contributed by atoms with van der Waals surface area (Å²) in [5, 5.41) is 13.3. The SMILES string of the molecule is COc1ccc([C@H](c2nnnn2C2CCCCC2)N2CCC(c3ccccc3)CC2)cc1OC. The topological polar surface area (TPSA) is 65.3 Å². The first-order valence-corrected chi connectivity index (χ1v) is 12.6. The van der Waals surface area contributed by atoms with Crippen molar-refractivity contribution in [3.05, 3.63) is 65.5 Å². The van der Waals surface area contributed by atoms with Crippen LogP contribution in [0, 0.1) is 0 Å². The molecular weight excluding hydrogens is 426 g/mol. The smallest absolute Gasteiger partial charge is 0.173 e. The van der Waals surface area contributed by atoms with Crippen LogP contribution in [0.3, 0.4) is 0 Å². The van der Waals surface area contributed by atoms with Gasteiger partial charge < -0.3 is 9.47 Å². The average Bonchev–Trinajstić information content (AvgIpc) is 3.39.